The van der Waals surface area contributed by atoms with E-state index in [0.717, 1.165) is 36.8 Å². The second-order valence-corrected chi connectivity index (χ2v) is 9.69. The minimum atomic E-state index is -3.49. The fraction of sp³-hybridized carbons (Fsp3) is 0.455. The van der Waals surface area contributed by atoms with Gasteiger partial charge >= 0.3 is 0 Å². The molecule has 0 spiro atoms. The lowest BCUT2D eigenvalue weighted by molar-refractivity contribution is 0.174. The molecule has 0 radical (unpaired) electrons. The molecule has 0 aromatic heterocycles. The summed E-state index contributed by atoms with van der Waals surface area (Å²) < 4.78 is 38.0. The number of sulfone groups is 1. The van der Waals surface area contributed by atoms with Gasteiger partial charge in [-0.1, -0.05) is 57.0 Å². The van der Waals surface area contributed by atoms with E-state index in [1.165, 1.54) is 0 Å². The average Bonchev–Trinajstić information content (AvgIpc) is 3.14. The predicted molar refractivity (Wildman–Crippen MR) is 109 cm³/mol. The molecule has 0 saturated carbocycles. The zero-order chi connectivity index (χ0) is 19.8. The van der Waals surface area contributed by atoms with E-state index in [-0.39, 0.29) is 18.6 Å². The highest BCUT2D eigenvalue weighted by Crippen LogP contribution is 2.44. The van der Waals surface area contributed by atoms with E-state index < -0.39 is 15.4 Å². The Morgan fingerprint density at radius 3 is 2.50 bits per heavy atom. The van der Waals surface area contributed by atoms with E-state index in [1.54, 1.807) is 6.07 Å². The molecule has 2 heterocycles. The van der Waals surface area contributed by atoms with Crippen LogP contribution in [0.3, 0.4) is 0 Å². The Hall–Kier alpha value is -2.05. The fourth-order valence-corrected chi connectivity index (χ4v) is 6.39. The number of hydrogen-bond acceptors (Lipinski definition) is 5. The van der Waals surface area contributed by atoms with Gasteiger partial charge in [-0.15, -0.1) is 0 Å². The van der Waals surface area contributed by atoms with Gasteiger partial charge in [0.25, 0.3) is 0 Å². The number of rotatable bonds is 5. The quantitative estimate of drug-likeness (QED) is 0.813. The second kappa shape index (κ2) is 7.41. The molecular formula is C22H27NO4S. The van der Waals surface area contributed by atoms with Crippen LogP contribution in [0.5, 0.6) is 11.5 Å². The first-order chi connectivity index (χ1) is 13.5. The zero-order valence-corrected chi connectivity index (χ0v) is 17.2. The maximum Gasteiger partial charge on any atom is 0.231 e. The third kappa shape index (κ3) is 3.40. The number of hydrogen-bond donors (Lipinski definition) is 1. The first-order valence-corrected chi connectivity index (χ1v) is 11.6. The zero-order valence-electron chi connectivity index (χ0n) is 16.4. The first kappa shape index (κ1) is 19.3. The van der Waals surface area contributed by atoms with Crippen molar-refractivity contribution in [3.63, 3.8) is 0 Å². The van der Waals surface area contributed by atoms with Gasteiger partial charge in [0.15, 0.2) is 21.3 Å². The van der Waals surface area contributed by atoms with E-state index in [9.17, 15) is 8.42 Å². The van der Waals surface area contributed by atoms with E-state index in [0.29, 0.717) is 16.4 Å². The highest BCUT2D eigenvalue weighted by atomic mass is 32.2. The highest BCUT2D eigenvalue weighted by molar-refractivity contribution is 7.91. The van der Waals surface area contributed by atoms with Crippen LogP contribution in [0.2, 0.25) is 0 Å². The van der Waals surface area contributed by atoms with Crippen LogP contribution in [-0.4, -0.2) is 26.5 Å². The van der Waals surface area contributed by atoms with E-state index in [2.05, 4.69) is 19.2 Å². The Morgan fingerprint density at radius 1 is 1.11 bits per heavy atom. The van der Waals surface area contributed by atoms with Gasteiger partial charge in [0.05, 0.1) is 16.7 Å². The SMILES string of the molecule is CCCC[C@]1(CC)CS(=O)(=O)c2cc3c(cc2[C@@H](c2ccccc2)N1)OCO3. The van der Waals surface area contributed by atoms with E-state index in [4.69, 9.17) is 9.47 Å². The van der Waals surface area contributed by atoms with Gasteiger partial charge in [0.2, 0.25) is 6.79 Å². The molecule has 150 valence electrons. The lowest BCUT2D eigenvalue weighted by Crippen LogP contribution is -2.50. The Kier molecular flexibility index (Phi) is 5.10. The lowest BCUT2D eigenvalue weighted by Gasteiger charge is -2.35. The maximum atomic E-state index is 13.5. The summed E-state index contributed by atoms with van der Waals surface area (Å²) in [6, 6.07) is 13.3. The molecule has 0 amide bonds. The molecule has 1 N–H and O–H groups in total. The number of nitrogens with one attached hydrogen (secondary N) is 1. The summed E-state index contributed by atoms with van der Waals surface area (Å²) in [5, 5.41) is 3.76. The van der Waals surface area contributed by atoms with Crippen LogP contribution in [0, 0.1) is 0 Å². The van der Waals surface area contributed by atoms with Crippen molar-refractivity contribution in [2.75, 3.05) is 12.5 Å². The van der Waals surface area contributed by atoms with Gasteiger partial charge in [0.1, 0.15) is 0 Å². The van der Waals surface area contributed by atoms with Crippen molar-refractivity contribution in [1.29, 1.82) is 0 Å². The predicted octanol–water partition coefficient (Wildman–Crippen LogP) is 4.22. The molecule has 0 unspecified atom stereocenters. The van der Waals surface area contributed by atoms with Crippen LogP contribution in [0.1, 0.15) is 56.7 Å². The smallest absolute Gasteiger partial charge is 0.231 e. The maximum absolute atomic E-state index is 13.5. The summed E-state index contributed by atoms with van der Waals surface area (Å²) in [4.78, 5) is 0.352. The third-order valence-corrected chi connectivity index (χ3v) is 7.84. The van der Waals surface area contributed by atoms with Crippen molar-refractivity contribution < 1.29 is 17.9 Å². The molecule has 2 atom stereocenters. The van der Waals surface area contributed by atoms with Crippen molar-refractivity contribution in [2.45, 2.75) is 56.0 Å². The highest BCUT2D eigenvalue weighted by Gasteiger charge is 2.42. The summed E-state index contributed by atoms with van der Waals surface area (Å²) >= 11 is 0. The van der Waals surface area contributed by atoms with Crippen LogP contribution in [0.4, 0.5) is 0 Å². The molecule has 2 aliphatic heterocycles. The number of unbranched alkanes of at least 4 members (excludes halogenated alkanes) is 1. The average molecular weight is 402 g/mol. The molecule has 6 heteroatoms. The van der Waals surface area contributed by atoms with Gasteiger partial charge in [-0.3, -0.25) is 5.32 Å². The Bertz CT molecular complexity index is 958. The molecule has 28 heavy (non-hydrogen) atoms. The summed E-state index contributed by atoms with van der Waals surface area (Å²) in [7, 11) is -3.49. The molecule has 2 aromatic carbocycles. The van der Waals surface area contributed by atoms with Crippen molar-refractivity contribution >= 4 is 9.84 Å². The van der Waals surface area contributed by atoms with Gasteiger partial charge in [-0.05, 0) is 30.0 Å². The molecule has 0 fully saturated rings. The van der Waals surface area contributed by atoms with Crippen LogP contribution in [-0.2, 0) is 9.84 Å². The summed E-state index contributed by atoms with van der Waals surface area (Å²) in [5.41, 5.74) is 1.32. The van der Waals surface area contributed by atoms with Gasteiger partial charge in [0, 0.05) is 11.6 Å². The van der Waals surface area contributed by atoms with E-state index in [1.807, 2.05) is 36.4 Å². The van der Waals surface area contributed by atoms with Crippen LogP contribution in [0.15, 0.2) is 47.4 Å². The largest absolute Gasteiger partial charge is 0.454 e. The molecule has 2 aromatic rings. The number of ether oxygens (including phenoxy) is 2. The Balaban J connectivity index is 1.92. The molecule has 0 bridgehead atoms. The second-order valence-electron chi connectivity index (χ2n) is 7.73. The number of benzene rings is 2. The van der Waals surface area contributed by atoms with Gasteiger partial charge < -0.3 is 9.47 Å². The Morgan fingerprint density at radius 2 is 1.82 bits per heavy atom. The minimum absolute atomic E-state index is 0.0898. The van der Waals surface area contributed by atoms with Crippen molar-refractivity contribution in [1.82, 2.24) is 5.32 Å². The normalized spacial score (nSPS) is 25.1. The fourth-order valence-electron chi connectivity index (χ4n) is 4.25. The first-order valence-electron chi connectivity index (χ1n) is 9.97. The minimum Gasteiger partial charge on any atom is -0.454 e. The van der Waals surface area contributed by atoms with Crippen LogP contribution >= 0.6 is 0 Å². The monoisotopic (exact) mass is 401 g/mol. The lowest BCUT2D eigenvalue weighted by atomic mass is 9.88. The molecular weight excluding hydrogens is 374 g/mol. The third-order valence-electron chi connectivity index (χ3n) is 5.89. The standard InChI is InChI=1S/C22H27NO4S/c1-3-5-11-22(4-2)14-28(24,25)20-13-19-18(26-15-27-19)12-17(20)21(23-22)16-9-7-6-8-10-16/h6-10,12-13,21,23H,3-5,11,14-15H2,1-2H3/t21-,22-/m1/s1. The summed E-state index contributed by atoms with van der Waals surface area (Å²) in [6.45, 7) is 4.33. The molecule has 0 saturated heterocycles. The Labute approximate surface area is 167 Å². The van der Waals surface area contributed by atoms with Crippen molar-refractivity contribution in [3.8, 4) is 11.5 Å². The number of fused-ring (bicyclic) bond motifs is 2. The molecule has 4 rings (SSSR count). The molecule has 0 aliphatic carbocycles. The molecule has 5 nitrogen and oxygen atoms in total. The van der Waals surface area contributed by atoms with Gasteiger partial charge in [-0.25, -0.2) is 8.42 Å². The summed E-state index contributed by atoms with van der Waals surface area (Å²) in [5.74, 6) is 1.20. The summed E-state index contributed by atoms with van der Waals surface area (Å²) in [6.07, 6.45) is 3.58. The molecule has 2 aliphatic rings. The van der Waals surface area contributed by atoms with Crippen LogP contribution in [0.25, 0.3) is 0 Å². The van der Waals surface area contributed by atoms with E-state index >= 15 is 0 Å². The van der Waals surface area contributed by atoms with Crippen molar-refractivity contribution in [3.05, 3.63) is 53.6 Å². The topological polar surface area (TPSA) is 64.6 Å². The van der Waals surface area contributed by atoms with Crippen LogP contribution < -0.4 is 14.8 Å². The van der Waals surface area contributed by atoms with Gasteiger partial charge in [-0.2, -0.15) is 0 Å². The van der Waals surface area contributed by atoms with Crippen molar-refractivity contribution in [2.24, 2.45) is 0 Å².